The first-order chi connectivity index (χ1) is 6.49. The number of nitrogens with one attached hydrogen (secondary N) is 1. The summed E-state index contributed by atoms with van der Waals surface area (Å²) in [5.74, 6) is 5.15. The molecule has 1 aromatic rings. The van der Waals surface area contributed by atoms with E-state index in [1.165, 1.54) is 18.2 Å². The van der Waals surface area contributed by atoms with Crippen molar-refractivity contribution >= 4 is 27.9 Å². The summed E-state index contributed by atoms with van der Waals surface area (Å²) >= 11 is 0. The zero-order valence-corrected chi connectivity index (χ0v) is 9.73. The number of sulfone groups is 1. The molecule has 0 aliphatic rings. The fourth-order valence-electron chi connectivity index (χ4n) is 1.15. The lowest BCUT2D eigenvalue weighted by Crippen LogP contribution is -2.09. The maximum atomic E-state index is 11.2. The highest BCUT2D eigenvalue weighted by Gasteiger charge is 2.12. The van der Waals surface area contributed by atoms with Crippen molar-refractivity contribution in [2.75, 3.05) is 11.7 Å². The highest BCUT2D eigenvalue weighted by molar-refractivity contribution is 7.90. The van der Waals surface area contributed by atoms with E-state index in [4.69, 9.17) is 10.9 Å². The van der Waals surface area contributed by atoms with Crippen LogP contribution < -0.4 is 11.3 Å². The van der Waals surface area contributed by atoms with Crippen molar-refractivity contribution in [2.45, 2.75) is 11.5 Å². The maximum absolute atomic E-state index is 11.2. The van der Waals surface area contributed by atoms with Crippen LogP contribution in [0, 0.1) is 0 Å². The summed E-state index contributed by atoms with van der Waals surface area (Å²) in [6.45, 7) is -0.335. The lowest BCUT2D eigenvalue weighted by atomic mass is 10.2. The van der Waals surface area contributed by atoms with Gasteiger partial charge in [0.1, 0.15) is 0 Å². The fourth-order valence-corrected chi connectivity index (χ4v) is 2.07. The zero-order chi connectivity index (χ0) is 10.8. The van der Waals surface area contributed by atoms with Gasteiger partial charge in [-0.05, 0) is 23.8 Å². The number of rotatable bonds is 3. The van der Waals surface area contributed by atoms with Gasteiger partial charge in [0.2, 0.25) is 0 Å². The van der Waals surface area contributed by atoms with E-state index in [0.717, 1.165) is 6.26 Å². The first-order valence-corrected chi connectivity index (χ1v) is 5.78. The van der Waals surface area contributed by atoms with E-state index in [0.29, 0.717) is 11.3 Å². The van der Waals surface area contributed by atoms with Crippen LogP contribution in [-0.4, -0.2) is 19.8 Å². The van der Waals surface area contributed by atoms with Crippen molar-refractivity contribution in [3.8, 4) is 0 Å². The minimum absolute atomic E-state index is 0. The molecule has 7 heteroatoms. The second-order valence-corrected chi connectivity index (χ2v) is 4.88. The topological polar surface area (TPSA) is 92.4 Å². The minimum atomic E-state index is -3.30. The van der Waals surface area contributed by atoms with Gasteiger partial charge in [0.15, 0.2) is 9.84 Å². The molecule has 0 fully saturated rings. The largest absolute Gasteiger partial charge is 0.392 e. The van der Waals surface area contributed by atoms with Crippen LogP contribution in [-0.2, 0) is 16.4 Å². The molecule has 0 amide bonds. The van der Waals surface area contributed by atoms with Crippen LogP contribution in [0.4, 0.5) is 5.69 Å². The summed E-state index contributed by atoms with van der Waals surface area (Å²) in [7, 11) is -3.30. The first-order valence-electron chi connectivity index (χ1n) is 3.89. The summed E-state index contributed by atoms with van der Waals surface area (Å²) in [5.41, 5.74) is 3.27. The molecule has 0 atom stereocenters. The van der Waals surface area contributed by atoms with Crippen molar-refractivity contribution in [3.63, 3.8) is 0 Å². The molecular formula is C8H13ClN2O3S. The van der Waals surface area contributed by atoms with E-state index < -0.39 is 9.84 Å². The monoisotopic (exact) mass is 252 g/mol. The molecule has 1 aromatic carbocycles. The molecule has 0 saturated heterocycles. The SMILES string of the molecule is CS(=O)(=O)c1ccc(NN)cc1CO.Cl. The number of hydrogen-bond acceptors (Lipinski definition) is 5. The van der Waals surface area contributed by atoms with Crippen LogP contribution >= 0.6 is 12.4 Å². The van der Waals surface area contributed by atoms with Crippen molar-refractivity contribution in [1.29, 1.82) is 0 Å². The number of halogens is 1. The Kier molecular flexibility index (Phi) is 5.02. The summed E-state index contributed by atoms with van der Waals surface area (Å²) in [5, 5.41) is 8.97. The number of anilines is 1. The third-order valence-electron chi connectivity index (χ3n) is 1.80. The first kappa shape index (κ1) is 14.2. The van der Waals surface area contributed by atoms with E-state index in [1.54, 1.807) is 0 Å². The highest BCUT2D eigenvalue weighted by Crippen LogP contribution is 2.19. The molecule has 0 heterocycles. The lowest BCUT2D eigenvalue weighted by molar-refractivity contribution is 0.278. The Labute approximate surface area is 94.6 Å². The molecule has 0 saturated carbocycles. The molecule has 86 valence electrons. The standard InChI is InChI=1S/C8H12N2O3S.ClH/c1-14(12,13)8-3-2-7(10-9)4-6(8)5-11;/h2-4,10-11H,5,9H2,1H3;1H. The summed E-state index contributed by atoms with van der Waals surface area (Å²) < 4.78 is 22.5. The Morgan fingerprint density at radius 1 is 1.47 bits per heavy atom. The Bertz CT molecular complexity index is 434. The van der Waals surface area contributed by atoms with Crippen LogP contribution in [0.25, 0.3) is 0 Å². The van der Waals surface area contributed by atoms with E-state index in [1.807, 2.05) is 0 Å². The third kappa shape index (κ3) is 3.35. The molecular weight excluding hydrogens is 240 g/mol. The smallest absolute Gasteiger partial charge is 0.175 e. The molecule has 0 aliphatic heterocycles. The van der Waals surface area contributed by atoms with Crippen LogP contribution in [0.2, 0.25) is 0 Å². The number of hydrogen-bond donors (Lipinski definition) is 3. The van der Waals surface area contributed by atoms with Crippen molar-refractivity contribution in [2.24, 2.45) is 5.84 Å². The molecule has 4 N–H and O–H groups in total. The van der Waals surface area contributed by atoms with E-state index >= 15 is 0 Å². The molecule has 0 aromatic heterocycles. The van der Waals surface area contributed by atoms with Gasteiger partial charge in [-0.2, -0.15) is 0 Å². The summed E-state index contributed by atoms with van der Waals surface area (Å²) in [4.78, 5) is 0.124. The number of aliphatic hydroxyl groups is 1. The molecule has 0 unspecified atom stereocenters. The maximum Gasteiger partial charge on any atom is 0.175 e. The minimum Gasteiger partial charge on any atom is -0.392 e. The number of nitrogens with two attached hydrogens (primary N) is 1. The fraction of sp³-hybridized carbons (Fsp3) is 0.250. The average molecular weight is 253 g/mol. The van der Waals surface area contributed by atoms with Gasteiger partial charge in [0.05, 0.1) is 11.5 Å². The Morgan fingerprint density at radius 2 is 2.07 bits per heavy atom. The van der Waals surface area contributed by atoms with Crippen LogP contribution in [0.3, 0.4) is 0 Å². The van der Waals surface area contributed by atoms with E-state index in [2.05, 4.69) is 5.43 Å². The van der Waals surface area contributed by atoms with E-state index in [9.17, 15) is 8.42 Å². The Hall–Kier alpha value is -0.820. The van der Waals surface area contributed by atoms with Gasteiger partial charge >= 0.3 is 0 Å². The number of hydrazine groups is 1. The van der Waals surface area contributed by atoms with E-state index in [-0.39, 0.29) is 23.9 Å². The normalized spacial score (nSPS) is 10.6. The second-order valence-electron chi connectivity index (χ2n) is 2.90. The Balaban J connectivity index is 0.00000196. The Morgan fingerprint density at radius 3 is 2.47 bits per heavy atom. The molecule has 5 nitrogen and oxygen atoms in total. The molecule has 0 spiro atoms. The van der Waals surface area contributed by atoms with Gasteiger partial charge in [-0.15, -0.1) is 12.4 Å². The second kappa shape index (κ2) is 5.32. The molecule has 0 aliphatic carbocycles. The highest BCUT2D eigenvalue weighted by atomic mass is 35.5. The average Bonchev–Trinajstić information content (AvgIpc) is 2.15. The number of benzene rings is 1. The van der Waals surface area contributed by atoms with Crippen LogP contribution in [0.5, 0.6) is 0 Å². The molecule has 0 bridgehead atoms. The summed E-state index contributed by atoms with van der Waals surface area (Å²) in [6.07, 6.45) is 1.09. The van der Waals surface area contributed by atoms with Gasteiger partial charge < -0.3 is 10.5 Å². The zero-order valence-electron chi connectivity index (χ0n) is 8.10. The molecule has 1 rings (SSSR count). The van der Waals surface area contributed by atoms with Gasteiger partial charge in [0.25, 0.3) is 0 Å². The van der Waals surface area contributed by atoms with Gasteiger partial charge in [-0.25, -0.2) is 8.42 Å². The van der Waals surface area contributed by atoms with Crippen molar-refractivity contribution in [3.05, 3.63) is 23.8 Å². The number of nitrogen functional groups attached to an aromatic ring is 1. The van der Waals surface area contributed by atoms with Gasteiger partial charge in [0, 0.05) is 11.9 Å². The summed E-state index contributed by atoms with van der Waals surface area (Å²) in [6, 6.07) is 4.45. The number of aliphatic hydroxyl groups excluding tert-OH is 1. The van der Waals surface area contributed by atoms with Crippen LogP contribution in [0.1, 0.15) is 5.56 Å². The molecule has 15 heavy (non-hydrogen) atoms. The van der Waals surface area contributed by atoms with Crippen LogP contribution in [0.15, 0.2) is 23.1 Å². The van der Waals surface area contributed by atoms with Gasteiger partial charge in [-0.3, -0.25) is 5.84 Å². The lowest BCUT2D eigenvalue weighted by Gasteiger charge is -2.07. The molecule has 0 radical (unpaired) electrons. The quantitative estimate of drug-likeness (QED) is 0.531. The van der Waals surface area contributed by atoms with Crippen molar-refractivity contribution in [1.82, 2.24) is 0 Å². The van der Waals surface area contributed by atoms with Gasteiger partial charge in [-0.1, -0.05) is 0 Å². The third-order valence-corrected chi connectivity index (χ3v) is 2.99. The predicted molar refractivity (Wildman–Crippen MR) is 60.5 cm³/mol. The van der Waals surface area contributed by atoms with Crippen molar-refractivity contribution < 1.29 is 13.5 Å². The predicted octanol–water partition coefficient (Wildman–Crippen LogP) is 0.290.